The van der Waals surface area contributed by atoms with Crippen molar-refractivity contribution < 1.29 is 0 Å². The largest absolute Gasteiger partial charge is 0.370 e. The highest BCUT2D eigenvalue weighted by Gasteiger charge is 2.10. The van der Waals surface area contributed by atoms with Crippen molar-refractivity contribution in [1.29, 1.82) is 5.26 Å². The second kappa shape index (κ2) is 9.45. The zero-order valence-electron chi connectivity index (χ0n) is 14.7. The number of rotatable bonds is 5. The van der Waals surface area contributed by atoms with Crippen molar-refractivity contribution in [3.8, 4) is 6.19 Å². The molecule has 3 N–H and O–H groups in total. The summed E-state index contributed by atoms with van der Waals surface area (Å²) in [5, 5.41) is 19.5. The molecule has 0 spiro atoms. The molecule has 6 nitrogen and oxygen atoms in total. The molecule has 0 atom stereocenters. The molecule has 0 radical (unpaired) electrons. The number of pyridine rings is 1. The molecule has 0 bridgehead atoms. The summed E-state index contributed by atoms with van der Waals surface area (Å²) in [6, 6.07) is 9.58. The number of guanidine groups is 1. The number of fused-ring (bicyclic) bond motifs is 1. The van der Waals surface area contributed by atoms with Crippen LogP contribution in [-0.4, -0.2) is 24.0 Å². The fraction of sp³-hybridized carbons (Fsp3) is 0.316. The molecule has 0 amide bonds. The summed E-state index contributed by atoms with van der Waals surface area (Å²) in [5.41, 5.74) is 3.21. The molecule has 3 rings (SSSR count). The van der Waals surface area contributed by atoms with Gasteiger partial charge >= 0.3 is 0 Å². The summed E-state index contributed by atoms with van der Waals surface area (Å²) in [6.07, 6.45) is 4.76. The molecule has 1 aromatic carbocycles. The van der Waals surface area contributed by atoms with E-state index in [2.05, 4.69) is 38.1 Å². The number of aryl methyl sites for hydroxylation is 1. The lowest BCUT2D eigenvalue weighted by molar-refractivity contribution is 0.776. The summed E-state index contributed by atoms with van der Waals surface area (Å²) in [4.78, 5) is 8.45. The lowest BCUT2D eigenvalue weighted by Crippen LogP contribution is -2.37. The summed E-state index contributed by atoms with van der Waals surface area (Å²) in [7, 11) is 0. The van der Waals surface area contributed by atoms with E-state index in [4.69, 9.17) is 28.5 Å². The van der Waals surface area contributed by atoms with Gasteiger partial charge in [0.1, 0.15) is 5.82 Å². The Morgan fingerprint density at radius 1 is 1.22 bits per heavy atom. The zero-order chi connectivity index (χ0) is 19.1. The molecular weight excluding hydrogens is 383 g/mol. The fourth-order valence-corrected chi connectivity index (χ4v) is 3.16. The standard InChI is InChI=1S/C19H20Cl2N6/c20-16-6-3-13(10-17(16)21)11-25-19(26-12-22)24-9-7-15-5-4-14-2-1-8-23-18(14)27-15/h3-6,10H,1-2,7-9,11H2,(H,23,27)(H2,24,25,26). The van der Waals surface area contributed by atoms with Gasteiger partial charge in [0.25, 0.3) is 0 Å². The molecular formula is C19H20Cl2N6. The maximum absolute atomic E-state index is 8.89. The quantitative estimate of drug-likeness (QED) is 0.404. The Hall–Kier alpha value is -2.49. The molecule has 0 fully saturated rings. The summed E-state index contributed by atoms with van der Waals surface area (Å²) in [6.45, 7) is 2.06. The topological polar surface area (TPSA) is 85.1 Å². The first-order chi connectivity index (χ1) is 13.2. The normalized spacial score (nSPS) is 13.3. The zero-order valence-corrected chi connectivity index (χ0v) is 16.2. The molecule has 1 aliphatic heterocycles. The number of aromatic nitrogens is 1. The van der Waals surface area contributed by atoms with Gasteiger partial charge < -0.3 is 16.0 Å². The minimum atomic E-state index is 0.416. The lowest BCUT2D eigenvalue weighted by atomic mass is 10.1. The highest BCUT2D eigenvalue weighted by Crippen LogP contribution is 2.22. The van der Waals surface area contributed by atoms with Crippen molar-refractivity contribution >= 4 is 35.0 Å². The van der Waals surface area contributed by atoms with E-state index >= 15 is 0 Å². The second-order valence-corrected chi connectivity index (χ2v) is 6.99. The molecule has 0 unspecified atom stereocenters. The lowest BCUT2D eigenvalue weighted by Gasteiger charge is -2.17. The highest BCUT2D eigenvalue weighted by molar-refractivity contribution is 6.42. The Bertz CT molecular complexity index is 875. The van der Waals surface area contributed by atoms with Crippen LogP contribution >= 0.6 is 23.2 Å². The van der Waals surface area contributed by atoms with Gasteiger partial charge in [0.2, 0.25) is 12.2 Å². The number of nitrogens with one attached hydrogen (secondary N) is 3. The van der Waals surface area contributed by atoms with Crippen LogP contribution in [0.25, 0.3) is 0 Å². The van der Waals surface area contributed by atoms with Crippen molar-refractivity contribution in [1.82, 2.24) is 15.6 Å². The van der Waals surface area contributed by atoms with E-state index < -0.39 is 0 Å². The number of anilines is 1. The van der Waals surface area contributed by atoms with Gasteiger partial charge in [0.05, 0.1) is 10.0 Å². The average Bonchev–Trinajstić information content (AvgIpc) is 2.68. The van der Waals surface area contributed by atoms with Gasteiger partial charge in [0, 0.05) is 31.7 Å². The number of aliphatic imine (C=N–C) groups is 1. The van der Waals surface area contributed by atoms with Crippen LogP contribution in [0.1, 0.15) is 23.2 Å². The van der Waals surface area contributed by atoms with Gasteiger partial charge in [-0.15, -0.1) is 4.99 Å². The van der Waals surface area contributed by atoms with Gasteiger partial charge in [-0.05, 0) is 42.2 Å². The number of hydrogen-bond donors (Lipinski definition) is 3. The van der Waals surface area contributed by atoms with E-state index in [9.17, 15) is 0 Å². The van der Waals surface area contributed by atoms with Crippen molar-refractivity contribution in [3.63, 3.8) is 0 Å². The van der Waals surface area contributed by atoms with Crippen LogP contribution in [0.5, 0.6) is 0 Å². The SMILES string of the molecule is N#C/N=C(/NCCc1ccc2c(n1)NCCC2)NCc1ccc(Cl)c(Cl)c1. The van der Waals surface area contributed by atoms with E-state index in [1.807, 2.05) is 6.07 Å². The van der Waals surface area contributed by atoms with Gasteiger partial charge in [0.15, 0.2) is 0 Å². The van der Waals surface area contributed by atoms with Crippen molar-refractivity contribution in [3.05, 3.63) is 57.2 Å². The van der Waals surface area contributed by atoms with Crippen LogP contribution < -0.4 is 16.0 Å². The third-order valence-corrected chi connectivity index (χ3v) is 4.97. The highest BCUT2D eigenvalue weighted by atomic mass is 35.5. The van der Waals surface area contributed by atoms with Gasteiger partial charge in [-0.1, -0.05) is 35.3 Å². The van der Waals surface area contributed by atoms with Gasteiger partial charge in [-0.3, -0.25) is 0 Å². The Morgan fingerprint density at radius 3 is 2.93 bits per heavy atom. The Balaban J connectivity index is 1.52. The maximum Gasteiger partial charge on any atom is 0.209 e. The molecule has 1 aromatic heterocycles. The van der Waals surface area contributed by atoms with Gasteiger partial charge in [-0.25, -0.2) is 4.98 Å². The minimum absolute atomic E-state index is 0.416. The smallest absolute Gasteiger partial charge is 0.209 e. The number of hydrogen-bond acceptors (Lipinski definition) is 4. The molecule has 2 heterocycles. The van der Waals surface area contributed by atoms with Crippen LogP contribution in [0.3, 0.4) is 0 Å². The maximum atomic E-state index is 8.89. The van der Waals surface area contributed by atoms with Crippen LogP contribution in [0, 0.1) is 11.5 Å². The molecule has 1 aliphatic rings. The third kappa shape index (κ3) is 5.49. The first kappa shape index (κ1) is 19.3. The van der Waals surface area contributed by atoms with E-state index in [1.54, 1.807) is 18.3 Å². The second-order valence-electron chi connectivity index (χ2n) is 6.18. The van der Waals surface area contributed by atoms with E-state index in [0.717, 1.165) is 42.9 Å². The van der Waals surface area contributed by atoms with Crippen LogP contribution in [0.4, 0.5) is 5.82 Å². The number of nitrogens with zero attached hydrogens (tertiary/aromatic N) is 3. The molecule has 0 aliphatic carbocycles. The van der Waals surface area contributed by atoms with E-state index in [1.165, 1.54) is 5.56 Å². The summed E-state index contributed by atoms with van der Waals surface area (Å²) >= 11 is 11.9. The predicted molar refractivity (Wildman–Crippen MR) is 109 cm³/mol. The molecule has 140 valence electrons. The Morgan fingerprint density at radius 2 is 2.11 bits per heavy atom. The monoisotopic (exact) mass is 402 g/mol. The number of halogens is 2. The summed E-state index contributed by atoms with van der Waals surface area (Å²) in [5.74, 6) is 1.40. The Kier molecular flexibility index (Phi) is 6.74. The molecule has 8 heteroatoms. The average molecular weight is 403 g/mol. The minimum Gasteiger partial charge on any atom is -0.370 e. The molecule has 0 saturated heterocycles. The Labute approximate surface area is 168 Å². The third-order valence-electron chi connectivity index (χ3n) is 4.23. The van der Waals surface area contributed by atoms with Crippen molar-refractivity contribution in [2.45, 2.75) is 25.8 Å². The van der Waals surface area contributed by atoms with Crippen LogP contribution in [0.2, 0.25) is 10.0 Å². The number of benzene rings is 1. The summed E-state index contributed by atoms with van der Waals surface area (Å²) < 4.78 is 0. The van der Waals surface area contributed by atoms with E-state index in [-0.39, 0.29) is 0 Å². The fourth-order valence-electron chi connectivity index (χ4n) is 2.84. The first-order valence-corrected chi connectivity index (χ1v) is 9.52. The van der Waals surface area contributed by atoms with Crippen molar-refractivity contribution in [2.24, 2.45) is 4.99 Å². The first-order valence-electron chi connectivity index (χ1n) is 8.77. The van der Waals surface area contributed by atoms with E-state index in [0.29, 0.717) is 29.1 Å². The van der Waals surface area contributed by atoms with Crippen LogP contribution in [-0.2, 0) is 19.4 Å². The molecule has 2 aromatic rings. The molecule has 27 heavy (non-hydrogen) atoms. The van der Waals surface area contributed by atoms with Crippen LogP contribution in [0.15, 0.2) is 35.3 Å². The predicted octanol–water partition coefficient (Wildman–Crippen LogP) is 3.51. The van der Waals surface area contributed by atoms with Gasteiger partial charge in [-0.2, -0.15) is 5.26 Å². The van der Waals surface area contributed by atoms with Crippen molar-refractivity contribution in [2.75, 3.05) is 18.4 Å². The molecule has 0 saturated carbocycles. The number of nitriles is 1.